The van der Waals surface area contributed by atoms with Crippen molar-refractivity contribution in [2.75, 3.05) is 0 Å². The Morgan fingerprint density at radius 3 is 3.00 bits per heavy atom. The van der Waals surface area contributed by atoms with E-state index in [1.54, 1.807) is 17.1 Å². The molecule has 0 aliphatic heterocycles. The fraction of sp³-hybridized carbons (Fsp3) is 0.250. The first-order valence-corrected chi connectivity index (χ1v) is 5.34. The molecule has 2 aromatic rings. The summed E-state index contributed by atoms with van der Waals surface area (Å²) < 4.78 is 1.73. The van der Waals surface area contributed by atoms with Crippen LogP contribution in [0, 0.1) is 0 Å². The Kier molecular flexibility index (Phi) is 3.18. The molecule has 1 amide bonds. The van der Waals surface area contributed by atoms with E-state index in [-0.39, 0.29) is 5.91 Å². The largest absolute Gasteiger partial charge is 0.352 e. The van der Waals surface area contributed by atoms with E-state index in [0.29, 0.717) is 6.54 Å². The zero-order valence-corrected chi connectivity index (χ0v) is 9.84. The zero-order chi connectivity index (χ0) is 12.3. The number of aryl methyl sites for hydroxylation is 1. The fourth-order valence-electron chi connectivity index (χ4n) is 1.60. The van der Waals surface area contributed by atoms with Gasteiger partial charge in [-0.25, -0.2) is 0 Å². The van der Waals surface area contributed by atoms with E-state index in [0.717, 1.165) is 16.8 Å². The van der Waals surface area contributed by atoms with Crippen LogP contribution in [0.25, 0.3) is 11.3 Å². The molecule has 2 rings (SSSR count). The summed E-state index contributed by atoms with van der Waals surface area (Å²) >= 11 is 0. The maximum Gasteiger partial charge on any atom is 0.217 e. The first kappa shape index (κ1) is 11.3. The van der Waals surface area contributed by atoms with Gasteiger partial charge in [-0.15, -0.1) is 0 Å². The van der Waals surface area contributed by atoms with Gasteiger partial charge in [0.15, 0.2) is 0 Å². The Labute approximate surface area is 99.5 Å². The number of nitrogens with one attached hydrogen (secondary N) is 1. The van der Waals surface area contributed by atoms with Gasteiger partial charge in [-0.05, 0) is 11.6 Å². The van der Waals surface area contributed by atoms with Gasteiger partial charge in [0, 0.05) is 38.5 Å². The van der Waals surface area contributed by atoms with Gasteiger partial charge in [0.1, 0.15) is 0 Å². The number of carbonyl (C=O) groups is 1. The monoisotopic (exact) mass is 230 g/mol. The summed E-state index contributed by atoms with van der Waals surface area (Å²) in [6.45, 7) is 1.98. The van der Waals surface area contributed by atoms with Crippen LogP contribution < -0.4 is 5.32 Å². The molecule has 0 spiro atoms. The lowest BCUT2D eigenvalue weighted by molar-refractivity contribution is -0.119. The summed E-state index contributed by atoms with van der Waals surface area (Å²) in [6.07, 6.45) is 5.40. The lowest BCUT2D eigenvalue weighted by Gasteiger charge is -2.06. The minimum Gasteiger partial charge on any atom is -0.352 e. The predicted molar refractivity (Wildman–Crippen MR) is 64.0 cm³/mol. The van der Waals surface area contributed by atoms with Crippen molar-refractivity contribution in [3.05, 3.63) is 36.3 Å². The van der Waals surface area contributed by atoms with Crippen LogP contribution in [-0.2, 0) is 18.4 Å². The number of hydrogen-bond donors (Lipinski definition) is 1. The van der Waals surface area contributed by atoms with Crippen molar-refractivity contribution in [3.8, 4) is 11.3 Å². The molecule has 1 N–H and O–H groups in total. The van der Waals surface area contributed by atoms with Crippen molar-refractivity contribution >= 4 is 5.91 Å². The number of aromatic nitrogens is 3. The topological polar surface area (TPSA) is 59.8 Å². The molecular formula is C12H14N4O. The van der Waals surface area contributed by atoms with Crippen LogP contribution in [-0.4, -0.2) is 20.7 Å². The first-order valence-electron chi connectivity index (χ1n) is 5.34. The third-order valence-corrected chi connectivity index (χ3v) is 2.40. The molecule has 0 atom stereocenters. The van der Waals surface area contributed by atoms with Crippen molar-refractivity contribution in [2.24, 2.45) is 7.05 Å². The fourth-order valence-corrected chi connectivity index (χ4v) is 1.60. The van der Waals surface area contributed by atoms with Crippen molar-refractivity contribution in [3.63, 3.8) is 0 Å². The highest BCUT2D eigenvalue weighted by atomic mass is 16.1. The van der Waals surface area contributed by atoms with Crippen molar-refractivity contribution in [1.82, 2.24) is 20.1 Å². The number of hydrogen-bond acceptors (Lipinski definition) is 3. The highest BCUT2D eigenvalue weighted by Crippen LogP contribution is 2.19. The smallest absolute Gasteiger partial charge is 0.217 e. The summed E-state index contributed by atoms with van der Waals surface area (Å²) in [6, 6.07) is 3.81. The lowest BCUT2D eigenvalue weighted by atomic mass is 10.1. The third-order valence-electron chi connectivity index (χ3n) is 2.40. The van der Waals surface area contributed by atoms with Crippen LogP contribution in [0.2, 0.25) is 0 Å². The van der Waals surface area contributed by atoms with E-state index < -0.39 is 0 Å². The molecule has 0 unspecified atom stereocenters. The van der Waals surface area contributed by atoms with Crippen LogP contribution in [0.15, 0.2) is 30.7 Å². The Balaban J connectivity index is 2.30. The SMILES string of the molecule is CC(=O)NCc1cccnc1-c1cnn(C)c1. The summed E-state index contributed by atoms with van der Waals surface area (Å²) in [5, 5.41) is 6.89. The van der Waals surface area contributed by atoms with E-state index in [4.69, 9.17) is 0 Å². The van der Waals surface area contributed by atoms with Crippen LogP contribution in [0.1, 0.15) is 12.5 Å². The van der Waals surface area contributed by atoms with E-state index in [1.807, 2.05) is 25.4 Å². The molecule has 0 aliphatic rings. The highest BCUT2D eigenvalue weighted by Gasteiger charge is 2.08. The maximum atomic E-state index is 10.9. The van der Waals surface area contributed by atoms with E-state index in [1.165, 1.54) is 6.92 Å². The van der Waals surface area contributed by atoms with Gasteiger partial charge < -0.3 is 5.32 Å². The summed E-state index contributed by atoms with van der Waals surface area (Å²) in [5.41, 5.74) is 2.79. The molecule has 0 aromatic carbocycles. The quantitative estimate of drug-likeness (QED) is 0.859. The lowest BCUT2D eigenvalue weighted by Crippen LogP contribution is -2.19. The maximum absolute atomic E-state index is 10.9. The second kappa shape index (κ2) is 4.78. The van der Waals surface area contributed by atoms with E-state index in [2.05, 4.69) is 15.4 Å². The van der Waals surface area contributed by atoms with Gasteiger partial charge in [-0.2, -0.15) is 5.10 Å². The molecule has 0 bridgehead atoms. The van der Waals surface area contributed by atoms with Gasteiger partial charge in [-0.1, -0.05) is 6.07 Å². The van der Waals surface area contributed by atoms with Crippen LogP contribution >= 0.6 is 0 Å². The van der Waals surface area contributed by atoms with Gasteiger partial charge in [0.25, 0.3) is 0 Å². The Bertz CT molecular complexity index is 533. The number of amides is 1. The van der Waals surface area contributed by atoms with E-state index in [9.17, 15) is 4.79 Å². The Morgan fingerprint density at radius 1 is 1.53 bits per heavy atom. The molecule has 17 heavy (non-hydrogen) atoms. The second-order valence-electron chi connectivity index (χ2n) is 3.82. The molecule has 5 nitrogen and oxygen atoms in total. The number of carbonyl (C=O) groups excluding carboxylic acids is 1. The van der Waals surface area contributed by atoms with Gasteiger partial charge in [-0.3, -0.25) is 14.5 Å². The molecule has 0 aliphatic carbocycles. The zero-order valence-electron chi connectivity index (χ0n) is 9.84. The molecular weight excluding hydrogens is 216 g/mol. The van der Waals surface area contributed by atoms with Crippen molar-refractivity contribution in [1.29, 1.82) is 0 Å². The number of rotatable bonds is 3. The average molecular weight is 230 g/mol. The van der Waals surface area contributed by atoms with Crippen LogP contribution in [0.3, 0.4) is 0 Å². The Morgan fingerprint density at radius 2 is 2.35 bits per heavy atom. The number of pyridine rings is 1. The van der Waals surface area contributed by atoms with Crippen LogP contribution in [0.5, 0.6) is 0 Å². The van der Waals surface area contributed by atoms with Crippen molar-refractivity contribution in [2.45, 2.75) is 13.5 Å². The minimum atomic E-state index is -0.0500. The van der Waals surface area contributed by atoms with Gasteiger partial charge in [0.05, 0.1) is 11.9 Å². The molecule has 2 heterocycles. The second-order valence-corrected chi connectivity index (χ2v) is 3.82. The predicted octanol–water partition coefficient (Wildman–Crippen LogP) is 1.12. The summed E-state index contributed by atoms with van der Waals surface area (Å²) in [5.74, 6) is -0.0500. The highest BCUT2D eigenvalue weighted by molar-refractivity contribution is 5.73. The molecule has 0 saturated carbocycles. The summed E-state index contributed by atoms with van der Waals surface area (Å²) in [4.78, 5) is 15.3. The Hall–Kier alpha value is -2.17. The molecule has 2 aromatic heterocycles. The molecule has 0 radical (unpaired) electrons. The van der Waals surface area contributed by atoms with E-state index >= 15 is 0 Å². The molecule has 0 saturated heterocycles. The first-order chi connectivity index (χ1) is 8.16. The van der Waals surface area contributed by atoms with Crippen LogP contribution in [0.4, 0.5) is 0 Å². The number of nitrogens with zero attached hydrogens (tertiary/aromatic N) is 3. The molecule has 0 fully saturated rings. The average Bonchev–Trinajstić information content (AvgIpc) is 2.73. The summed E-state index contributed by atoms with van der Waals surface area (Å²) in [7, 11) is 1.86. The van der Waals surface area contributed by atoms with Gasteiger partial charge in [0.2, 0.25) is 5.91 Å². The van der Waals surface area contributed by atoms with Gasteiger partial charge >= 0.3 is 0 Å². The molecule has 5 heteroatoms. The minimum absolute atomic E-state index is 0.0500. The third kappa shape index (κ3) is 2.69. The van der Waals surface area contributed by atoms with Crippen molar-refractivity contribution < 1.29 is 4.79 Å². The normalized spacial score (nSPS) is 10.2. The molecule has 88 valence electrons. The standard InChI is InChI=1S/C12H14N4O/c1-9(17)14-6-10-4-3-5-13-12(10)11-7-15-16(2)8-11/h3-5,7-8H,6H2,1-2H3,(H,14,17).